The Morgan fingerprint density at radius 2 is 0.529 bits per heavy atom. The molecular formula is C68H132O17P2. The Morgan fingerprint density at radius 1 is 0.310 bits per heavy atom. The quantitative estimate of drug-likeness (QED) is 0.0222. The third-order valence-electron chi connectivity index (χ3n) is 15.6. The largest absolute Gasteiger partial charge is 0.472 e. The summed E-state index contributed by atoms with van der Waals surface area (Å²) in [5, 5.41) is 10.6. The van der Waals surface area contributed by atoms with Crippen molar-refractivity contribution in [2.24, 2.45) is 17.8 Å². The van der Waals surface area contributed by atoms with Gasteiger partial charge in [-0.25, -0.2) is 9.13 Å². The Balaban J connectivity index is 5.23. The first kappa shape index (κ1) is 85.1. The fourth-order valence-electron chi connectivity index (χ4n) is 10.2. The molecule has 0 aliphatic carbocycles. The van der Waals surface area contributed by atoms with Gasteiger partial charge in [-0.2, -0.15) is 0 Å². The summed E-state index contributed by atoms with van der Waals surface area (Å²) < 4.78 is 68.1. The predicted octanol–water partition coefficient (Wildman–Crippen LogP) is 19.1. The minimum atomic E-state index is -4.95. The van der Waals surface area contributed by atoms with Crippen molar-refractivity contribution in [3.63, 3.8) is 0 Å². The van der Waals surface area contributed by atoms with E-state index in [-0.39, 0.29) is 25.7 Å². The smallest absolute Gasteiger partial charge is 0.462 e. The van der Waals surface area contributed by atoms with Gasteiger partial charge >= 0.3 is 39.5 Å². The number of ether oxygens (including phenoxy) is 4. The summed E-state index contributed by atoms with van der Waals surface area (Å²) in [6.07, 6.45) is 41.8. The Kier molecular flexibility index (Phi) is 57.8. The maximum Gasteiger partial charge on any atom is 0.472 e. The van der Waals surface area contributed by atoms with Crippen molar-refractivity contribution in [2.75, 3.05) is 39.6 Å². The van der Waals surface area contributed by atoms with Gasteiger partial charge < -0.3 is 33.8 Å². The highest BCUT2D eigenvalue weighted by molar-refractivity contribution is 7.47. The zero-order valence-electron chi connectivity index (χ0n) is 56.5. The third-order valence-corrected chi connectivity index (χ3v) is 17.5. The number of carbonyl (C=O) groups excluding carboxylic acids is 4. The van der Waals surface area contributed by atoms with E-state index in [0.717, 1.165) is 102 Å². The Hall–Kier alpha value is -1.94. The fraction of sp³-hybridized carbons (Fsp3) is 0.941. The molecule has 87 heavy (non-hydrogen) atoms. The molecule has 19 heteroatoms. The molecule has 0 saturated carbocycles. The van der Waals surface area contributed by atoms with Crippen LogP contribution in [-0.2, 0) is 65.4 Å². The highest BCUT2D eigenvalue weighted by atomic mass is 31.2. The molecule has 516 valence electrons. The first-order valence-corrected chi connectivity index (χ1v) is 38.3. The van der Waals surface area contributed by atoms with Gasteiger partial charge in [0, 0.05) is 25.7 Å². The molecular weight excluding hydrogens is 1150 g/mol. The van der Waals surface area contributed by atoms with Gasteiger partial charge in [0.15, 0.2) is 12.2 Å². The summed E-state index contributed by atoms with van der Waals surface area (Å²) in [5.41, 5.74) is 0. The zero-order chi connectivity index (χ0) is 64.5. The lowest BCUT2D eigenvalue weighted by molar-refractivity contribution is -0.161. The number of hydrogen-bond donors (Lipinski definition) is 3. The Bertz CT molecular complexity index is 1720. The normalized spacial score (nSPS) is 14.3. The molecule has 0 aliphatic heterocycles. The van der Waals surface area contributed by atoms with E-state index >= 15 is 0 Å². The standard InChI is InChI=1S/C68H132O17P2/c1-8-9-10-11-12-13-17-21-28-35-42-49-65(70)78-55-63(84-67(72)51-44-37-29-22-19-16-14-15-18-20-25-32-39-46-59(2)3)57-82-86(74,75)80-53-62(69)54-81-87(76,77)83-58-64(85-68(73)52-45-38-31-24-27-34-41-48-61(6)7)56-79-66(71)50-43-36-30-23-26-33-40-47-60(4)5/h59-64,69H,8-58H2,1-7H3,(H,74,75)(H,76,77)/t62-,63-,64-/m1/s1. The number of esters is 4. The lowest BCUT2D eigenvalue weighted by Crippen LogP contribution is -2.30. The molecule has 0 aromatic heterocycles. The van der Waals surface area contributed by atoms with E-state index in [1.807, 2.05) is 0 Å². The van der Waals surface area contributed by atoms with Gasteiger partial charge in [0.1, 0.15) is 19.3 Å². The van der Waals surface area contributed by atoms with E-state index in [9.17, 15) is 43.2 Å². The van der Waals surface area contributed by atoms with Crippen molar-refractivity contribution in [3.8, 4) is 0 Å². The maximum atomic E-state index is 13.0. The molecule has 0 fully saturated rings. The van der Waals surface area contributed by atoms with Crippen LogP contribution in [0.2, 0.25) is 0 Å². The number of aliphatic hydroxyl groups excluding tert-OH is 1. The lowest BCUT2D eigenvalue weighted by atomic mass is 10.0. The molecule has 0 spiro atoms. The number of aliphatic hydroxyl groups is 1. The van der Waals surface area contributed by atoms with Gasteiger partial charge in [-0.15, -0.1) is 0 Å². The second-order valence-corrected chi connectivity index (χ2v) is 28.9. The van der Waals surface area contributed by atoms with Crippen LogP contribution in [0.3, 0.4) is 0 Å². The molecule has 0 bridgehead atoms. The average molecular weight is 1280 g/mol. The molecule has 0 saturated heterocycles. The molecule has 17 nitrogen and oxygen atoms in total. The summed E-state index contributed by atoms with van der Waals surface area (Å²) in [6, 6.07) is 0. The average Bonchev–Trinajstić information content (AvgIpc) is 3.67. The van der Waals surface area contributed by atoms with Gasteiger partial charge in [-0.3, -0.25) is 37.3 Å². The molecule has 0 aliphatic rings. The number of carbonyl (C=O) groups is 4. The van der Waals surface area contributed by atoms with Crippen LogP contribution in [0, 0.1) is 17.8 Å². The maximum absolute atomic E-state index is 13.0. The molecule has 3 N–H and O–H groups in total. The van der Waals surface area contributed by atoms with Gasteiger partial charge in [-0.1, -0.05) is 286 Å². The van der Waals surface area contributed by atoms with Gasteiger partial charge in [0.2, 0.25) is 0 Å². The molecule has 0 amide bonds. The number of hydrogen-bond acceptors (Lipinski definition) is 15. The van der Waals surface area contributed by atoms with E-state index in [0.29, 0.717) is 37.5 Å². The summed E-state index contributed by atoms with van der Waals surface area (Å²) in [5.74, 6) is 0.0558. The highest BCUT2D eigenvalue weighted by Crippen LogP contribution is 2.45. The van der Waals surface area contributed by atoms with Crippen molar-refractivity contribution in [1.29, 1.82) is 0 Å². The topological polar surface area (TPSA) is 237 Å². The van der Waals surface area contributed by atoms with Crippen molar-refractivity contribution in [2.45, 2.75) is 356 Å². The molecule has 0 aromatic rings. The molecule has 0 aromatic carbocycles. The SMILES string of the molecule is CCCCCCCCCCCCCC(=O)OC[C@H](COP(=O)(O)OC[C@@H](O)COP(=O)(O)OC[C@@H](COC(=O)CCCCCCCCCC(C)C)OC(=O)CCCCCCCCCC(C)C)OC(=O)CCCCCCCCCCCCCCCC(C)C. The van der Waals surface area contributed by atoms with E-state index in [1.54, 1.807) is 0 Å². The van der Waals surface area contributed by atoms with Gasteiger partial charge in [-0.05, 0) is 43.4 Å². The van der Waals surface area contributed by atoms with Crippen LogP contribution in [0.15, 0.2) is 0 Å². The molecule has 0 radical (unpaired) electrons. The highest BCUT2D eigenvalue weighted by Gasteiger charge is 2.30. The summed E-state index contributed by atoms with van der Waals surface area (Å²) in [7, 11) is -9.90. The first-order valence-electron chi connectivity index (χ1n) is 35.3. The van der Waals surface area contributed by atoms with E-state index < -0.39 is 97.5 Å². The monoisotopic (exact) mass is 1280 g/mol. The molecule has 2 unspecified atom stereocenters. The molecule has 0 rings (SSSR count). The second kappa shape index (κ2) is 59.1. The minimum Gasteiger partial charge on any atom is -0.462 e. The van der Waals surface area contributed by atoms with Crippen LogP contribution in [-0.4, -0.2) is 96.7 Å². The molecule has 0 heterocycles. The number of unbranched alkanes of at least 4 members (excludes halogenated alkanes) is 34. The lowest BCUT2D eigenvalue weighted by Gasteiger charge is -2.21. The fourth-order valence-corrected chi connectivity index (χ4v) is 11.8. The van der Waals surface area contributed by atoms with Crippen molar-refractivity contribution < 1.29 is 80.2 Å². The Labute approximate surface area is 530 Å². The summed E-state index contributed by atoms with van der Waals surface area (Å²) in [6.45, 7) is 11.7. The number of phosphoric ester groups is 2. The van der Waals surface area contributed by atoms with E-state index in [4.69, 9.17) is 37.0 Å². The zero-order valence-corrected chi connectivity index (χ0v) is 58.3. The predicted molar refractivity (Wildman–Crippen MR) is 349 cm³/mol. The van der Waals surface area contributed by atoms with Crippen LogP contribution in [0.5, 0.6) is 0 Å². The molecule has 5 atom stereocenters. The van der Waals surface area contributed by atoms with E-state index in [1.165, 1.54) is 141 Å². The third kappa shape index (κ3) is 62.6. The van der Waals surface area contributed by atoms with Crippen LogP contribution in [0.1, 0.15) is 337 Å². The Morgan fingerprint density at radius 3 is 0.782 bits per heavy atom. The van der Waals surface area contributed by atoms with Crippen molar-refractivity contribution in [1.82, 2.24) is 0 Å². The van der Waals surface area contributed by atoms with Crippen LogP contribution >= 0.6 is 15.6 Å². The number of rotatable bonds is 66. The summed E-state index contributed by atoms with van der Waals surface area (Å²) in [4.78, 5) is 72.4. The van der Waals surface area contributed by atoms with E-state index in [2.05, 4.69) is 48.5 Å². The van der Waals surface area contributed by atoms with Crippen LogP contribution in [0.25, 0.3) is 0 Å². The van der Waals surface area contributed by atoms with Crippen molar-refractivity contribution in [3.05, 3.63) is 0 Å². The van der Waals surface area contributed by atoms with Gasteiger partial charge in [0.05, 0.1) is 26.4 Å². The van der Waals surface area contributed by atoms with Crippen LogP contribution < -0.4 is 0 Å². The second-order valence-electron chi connectivity index (χ2n) is 26.0. The van der Waals surface area contributed by atoms with Crippen LogP contribution in [0.4, 0.5) is 0 Å². The number of phosphoric acid groups is 2. The minimum absolute atomic E-state index is 0.102. The first-order chi connectivity index (χ1) is 41.7. The van der Waals surface area contributed by atoms with Gasteiger partial charge in [0.25, 0.3) is 0 Å². The summed E-state index contributed by atoms with van der Waals surface area (Å²) >= 11 is 0. The van der Waals surface area contributed by atoms with Crippen molar-refractivity contribution >= 4 is 39.5 Å².